The number of amides is 1. The van der Waals surface area contributed by atoms with Gasteiger partial charge in [-0.05, 0) is 96.3 Å². The van der Waals surface area contributed by atoms with Crippen LogP contribution < -0.4 is 5.32 Å². The largest absolute Gasteiger partial charge is 0.454 e. The van der Waals surface area contributed by atoms with Crippen molar-refractivity contribution in [2.24, 2.45) is 0 Å². The number of rotatable bonds is 68. The van der Waals surface area contributed by atoms with E-state index in [0.29, 0.717) is 19.3 Å². The maximum atomic E-state index is 13.5. The van der Waals surface area contributed by atoms with Crippen molar-refractivity contribution in [3.05, 3.63) is 85.1 Å². The molecule has 0 saturated carbocycles. The number of hydrogen-bond acceptors (Lipinski definition) is 10. The van der Waals surface area contributed by atoms with E-state index in [2.05, 4.69) is 99.0 Å². The van der Waals surface area contributed by atoms with Gasteiger partial charge in [-0.1, -0.05) is 343 Å². The van der Waals surface area contributed by atoms with E-state index in [-0.39, 0.29) is 13.0 Å². The fraction of sp³-hybridized carbons (Fsp3) is 0.805. The van der Waals surface area contributed by atoms with Crippen LogP contribution in [0, 0.1) is 0 Å². The summed E-state index contributed by atoms with van der Waals surface area (Å²) in [6, 6.07) is -1.03. The summed E-state index contributed by atoms with van der Waals surface area (Å²) in [5, 5.41) is 57.5. The van der Waals surface area contributed by atoms with Crippen LogP contribution in [0.25, 0.3) is 0 Å². The summed E-state index contributed by atoms with van der Waals surface area (Å²) < 4.78 is 17.7. The molecule has 11 nitrogen and oxygen atoms in total. The number of carbonyl (C=O) groups excluding carboxylic acids is 2. The molecule has 1 saturated heterocycles. The van der Waals surface area contributed by atoms with Crippen LogP contribution in [0.2, 0.25) is 0 Å². The molecule has 0 aromatic rings. The predicted molar refractivity (Wildman–Crippen MR) is 393 cm³/mol. The molecule has 1 aliphatic rings. The summed E-state index contributed by atoms with van der Waals surface area (Å²) in [7, 11) is 0. The third-order valence-corrected chi connectivity index (χ3v) is 18.3. The van der Waals surface area contributed by atoms with Crippen molar-refractivity contribution in [2.75, 3.05) is 13.2 Å². The molecule has 1 aliphatic heterocycles. The van der Waals surface area contributed by atoms with Gasteiger partial charge >= 0.3 is 5.97 Å². The highest BCUT2D eigenvalue weighted by atomic mass is 16.7. The fourth-order valence-corrected chi connectivity index (χ4v) is 12.1. The Kier molecular flexibility index (Phi) is 65.0. The normalized spacial score (nSPS) is 18.3. The van der Waals surface area contributed by atoms with Gasteiger partial charge in [-0.2, -0.15) is 0 Å². The number of ether oxygens (including phenoxy) is 3. The van der Waals surface area contributed by atoms with Crippen LogP contribution >= 0.6 is 0 Å². The predicted octanol–water partition coefficient (Wildman–Crippen LogP) is 21.2. The number of hydrogen-bond donors (Lipinski definition) is 6. The van der Waals surface area contributed by atoms with Gasteiger partial charge in [0.05, 0.1) is 25.4 Å². The molecule has 93 heavy (non-hydrogen) atoms. The number of unbranched alkanes of at least 4 members (excludes halogenated alkanes) is 42. The van der Waals surface area contributed by atoms with Crippen molar-refractivity contribution in [1.82, 2.24) is 5.32 Å². The lowest BCUT2D eigenvalue weighted by atomic mass is 9.99. The molecule has 11 heteroatoms. The Balaban J connectivity index is 2.52. The molecule has 0 spiro atoms. The van der Waals surface area contributed by atoms with Crippen molar-refractivity contribution in [3.63, 3.8) is 0 Å². The quantitative estimate of drug-likeness (QED) is 0.0195. The number of nitrogens with one attached hydrogen (secondary N) is 1. The Morgan fingerprint density at radius 1 is 0.430 bits per heavy atom. The SMILES string of the molecule is CC/C=C\C/C=C\C/C=C\C/C=C\C/C=C\CCCCCCCCCCCC(=O)OC1C(OCC(NC(=O)C(O)CCCCCCCCCCCCCCCCCC/C=C/CCCCCCCC)C(O)/C=C/CCCCCCCCCCCCC)OC(CO)C(O)C1O. The zero-order valence-corrected chi connectivity index (χ0v) is 60.4. The van der Waals surface area contributed by atoms with Gasteiger partial charge in [0.1, 0.15) is 24.4 Å². The van der Waals surface area contributed by atoms with Crippen molar-refractivity contribution >= 4 is 11.9 Å². The smallest absolute Gasteiger partial charge is 0.306 e. The Labute approximate surface area is 572 Å². The van der Waals surface area contributed by atoms with E-state index in [0.717, 1.165) is 103 Å². The van der Waals surface area contributed by atoms with Crippen LogP contribution in [0.1, 0.15) is 361 Å². The maximum absolute atomic E-state index is 13.5. The average Bonchev–Trinajstić information content (AvgIpc) is 0.843. The Bertz CT molecular complexity index is 1840. The zero-order chi connectivity index (χ0) is 67.4. The average molecular weight is 1310 g/mol. The zero-order valence-electron chi connectivity index (χ0n) is 60.4. The molecule has 0 bridgehead atoms. The van der Waals surface area contributed by atoms with Crippen LogP contribution in [-0.4, -0.2) is 99.6 Å². The van der Waals surface area contributed by atoms with Crippen LogP contribution in [0.15, 0.2) is 85.1 Å². The highest BCUT2D eigenvalue weighted by Gasteiger charge is 2.47. The van der Waals surface area contributed by atoms with Crippen LogP contribution in [0.5, 0.6) is 0 Å². The van der Waals surface area contributed by atoms with E-state index < -0.39 is 67.4 Å². The molecule has 8 unspecified atom stereocenters. The third-order valence-electron chi connectivity index (χ3n) is 18.3. The van der Waals surface area contributed by atoms with Gasteiger partial charge in [-0.3, -0.25) is 9.59 Å². The standard InChI is InChI=1S/C82H147NO10/c1-4-7-10-13-16-19-22-25-27-29-31-33-35-37-39-40-42-44-46-48-51-54-57-60-63-66-69-75(86)81(90)83-73(74(85)68-65-62-59-56-53-50-24-21-18-15-12-9-6-3)72-91-82-80(79(89)78(88)76(71-84)92-82)93-77(87)70-67-64-61-58-55-52-49-47-45-43-41-38-36-34-32-30-28-26-23-20-17-14-11-8-5-2/h8,11,17,20,25-28,32,34,38,41,65,68,73-76,78-80,82,84-86,88-89H,4-7,9-10,12-16,18-19,21-24,29-31,33,35-37,39-40,42-64,66-67,69-72H2,1-3H3,(H,83,90)/b11-8-,20-17-,27-25+,28-26-,34-32-,41-38-,68-65+. The molecule has 540 valence electrons. The molecule has 1 fully saturated rings. The van der Waals surface area contributed by atoms with E-state index in [1.165, 1.54) is 212 Å². The van der Waals surface area contributed by atoms with Gasteiger partial charge in [0.25, 0.3) is 0 Å². The molecule has 0 aromatic heterocycles. The minimum atomic E-state index is -1.62. The molecule has 1 rings (SSSR count). The number of aliphatic hydroxyl groups excluding tert-OH is 5. The number of aliphatic hydroxyl groups is 5. The van der Waals surface area contributed by atoms with Crippen molar-refractivity contribution < 1.29 is 49.3 Å². The summed E-state index contributed by atoms with van der Waals surface area (Å²) in [6.45, 7) is 5.73. The lowest BCUT2D eigenvalue weighted by Gasteiger charge is -2.41. The Morgan fingerprint density at radius 3 is 1.17 bits per heavy atom. The second kappa shape index (κ2) is 68.8. The molecule has 1 amide bonds. The van der Waals surface area contributed by atoms with Crippen LogP contribution in [0.3, 0.4) is 0 Å². The Hall–Kier alpha value is -3.16. The molecule has 6 N–H and O–H groups in total. The summed E-state index contributed by atoms with van der Waals surface area (Å²) in [5.41, 5.74) is 0. The van der Waals surface area contributed by atoms with Crippen molar-refractivity contribution in [1.29, 1.82) is 0 Å². The molecule has 8 atom stereocenters. The van der Waals surface area contributed by atoms with Crippen LogP contribution in [-0.2, 0) is 23.8 Å². The van der Waals surface area contributed by atoms with E-state index in [4.69, 9.17) is 14.2 Å². The Morgan fingerprint density at radius 2 is 0.774 bits per heavy atom. The lowest BCUT2D eigenvalue weighted by Crippen LogP contribution is -2.61. The minimum Gasteiger partial charge on any atom is -0.454 e. The molecular formula is C82H147NO10. The van der Waals surface area contributed by atoms with Crippen molar-refractivity contribution in [2.45, 2.75) is 410 Å². The summed E-state index contributed by atoms with van der Waals surface area (Å²) in [5.74, 6) is -1.19. The summed E-state index contributed by atoms with van der Waals surface area (Å²) in [6.07, 6.45) is 82.0. The molecule has 0 aromatic carbocycles. The topological polar surface area (TPSA) is 175 Å². The van der Waals surface area contributed by atoms with Gasteiger partial charge in [0, 0.05) is 6.42 Å². The highest BCUT2D eigenvalue weighted by Crippen LogP contribution is 2.27. The second-order valence-electron chi connectivity index (χ2n) is 27.1. The van der Waals surface area contributed by atoms with Gasteiger partial charge in [0.2, 0.25) is 5.91 Å². The van der Waals surface area contributed by atoms with E-state index in [1.54, 1.807) is 6.08 Å². The van der Waals surface area contributed by atoms with E-state index >= 15 is 0 Å². The van der Waals surface area contributed by atoms with E-state index in [1.807, 2.05) is 6.08 Å². The van der Waals surface area contributed by atoms with E-state index in [9.17, 15) is 35.1 Å². The lowest BCUT2D eigenvalue weighted by molar-refractivity contribution is -0.305. The number of esters is 1. The molecule has 0 aliphatic carbocycles. The highest BCUT2D eigenvalue weighted by molar-refractivity contribution is 5.80. The second-order valence-corrected chi connectivity index (χ2v) is 27.1. The van der Waals surface area contributed by atoms with Crippen molar-refractivity contribution in [3.8, 4) is 0 Å². The third kappa shape index (κ3) is 55.5. The van der Waals surface area contributed by atoms with Gasteiger partial charge in [-0.15, -0.1) is 0 Å². The summed E-state index contributed by atoms with van der Waals surface area (Å²) >= 11 is 0. The first kappa shape index (κ1) is 87.9. The molecular weight excluding hydrogens is 1160 g/mol. The monoisotopic (exact) mass is 1310 g/mol. The number of carbonyl (C=O) groups is 2. The van der Waals surface area contributed by atoms with Gasteiger partial charge in [-0.25, -0.2) is 0 Å². The fourth-order valence-electron chi connectivity index (χ4n) is 12.1. The van der Waals surface area contributed by atoms with Gasteiger partial charge in [0.15, 0.2) is 12.4 Å². The van der Waals surface area contributed by atoms with Gasteiger partial charge < -0.3 is 45.1 Å². The minimum absolute atomic E-state index is 0.114. The first-order chi connectivity index (χ1) is 45.7. The molecule has 0 radical (unpaired) electrons. The first-order valence-corrected chi connectivity index (χ1v) is 39.4. The number of allylic oxidation sites excluding steroid dienone is 13. The summed E-state index contributed by atoms with van der Waals surface area (Å²) in [4.78, 5) is 26.8. The molecule has 1 heterocycles. The van der Waals surface area contributed by atoms with Crippen LogP contribution in [0.4, 0.5) is 0 Å². The maximum Gasteiger partial charge on any atom is 0.306 e. The first-order valence-electron chi connectivity index (χ1n) is 39.4.